The summed E-state index contributed by atoms with van der Waals surface area (Å²) in [6, 6.07) is 11.6. The van der Waals surface area contributed by atoms with Gasteiger partial charge in [-0.2, -0.15) is 0 Å². The maximum Gasteiger partial charge on any atom is 0.318 e. The predicted molar refractivity (Wildman–Crippen MR) is 133 cm³/mol. The average Bonchev–Trinajstić information content (AvgIpc) is 2.67. The van der Waals surface area contributed by atoms with Crippen molar-refractivity contribution in [1.29, 1.82) is 0 Å². The van der Waals surface area contributed by atoms with Crippen LogP contribution in [0, 0.1) is 11.2 Å². The van der Waals surface area contributed by atoms with Crippen molar-refractivity contribution >= 4 is 23.3 Å². The molecule has 0 saturated heterocycles. The summed E-state index contributed by atoms with van der Waals surface area (Å²) in [4.78, 5) is 29.1. The van der Waals surface area contributed by atoms with Gasteiger partial charge in [-0.05, 0) is 60.7 Å². The van der Waals surface area contributed by atoms with E-state index in [1.807, 2.05) is 71.8 Å². The molecule has 0 aliphatic rings. The van der Waals surface area contributed by atoms with Crippen molar-refractivity contribution in [3.8, 4) is 0 Å². The zero-order valence-electron chi connectivity index (χ0n) is 20.8. The topological polar surface area (TPSA) is 64.7 Å². The van der Waals surface area contributed by atoms with E-state index in [1.54, 1.807) is 17.0 Å². The Bertz CT molecular complexity index is 950. The van der Waals surface area contributed by atoms with E-state index in [2.05, 4.69) is 10.6 Å². The molecule has 0 bridgehead atoms. The van der Waals surface area contributed by atoms with Crippen LogP contribution >= 0.6 is 0 Å². The molecule has 0 heterocycles. The van der Waals surface area contributed by atoms with Crippen LogP contribution in [0.3, 0.4) is 0 Å². The van der Waals surface area contributed by atoms with Gasteiger partial charge < -0.3 is 20.4 Å². The van der Waals surface area contributed by atoms with E-state index in [9.17, 15) is 14.0 Å². The Kier molecular flexibility index (Phi) is 8.85. The summed E-state index contributed by atoms with van der Waals surface area (Å²) < 4.78 is 13.4. The van der Waals surface area contributed by atoms with Crippen molar-refractivity contribution in [3.05, 3.63) is 59.4 Å². The fourth-order valence-electron chi connectivity index (χ4n) is 3.47. The van der Waals surface area contributed by atoms with Crippen molar-refractivity contribution in [3.63, 3.8) is 0 Å². The van der Waals surface area contributed by atoms with Gasteiger partial charge in [0.2, 0.25) is 5.91 Å². The maximum atomic E-state index is 13.4. The number of nitrogens with one attached hydrogen (secondary N) is 2. The molecule has 2 rings (SSSR count). The van der Waals surface area contributed by atoms with Gasteiger partial charge in [-0.3, -0.25) is 4.79 Å². The molecular formula is C26H37FN4O2. The highest BCUT2D eigenvalue weighted by atomic mass is 19.1. The van der Waals surface area contributed by atoms with Crippen molar-refractivity contribution < 1.29 is 14.0 Å². The van der Waals surface area contributed by atoms with Crippen molar-refractivity contribution in [1.82, 2.24) is 10.2 Å². The summed E-state index contributed by atoms with van der Waals surface area (Å²) in [5.41, 5.74) is 3.25. The second kappa shape index (κ2) is 11.2. The molecular weight excluding hydrogens is 419 g/mol. The lowest BCUT2D eigenvalue weighted by Crippen LogP contribution is -2.42. The SMILES string of the molecule is CC(C)NC(=O)N(Cc1ccc(F)cc1)Cc1cc(NC(=O)CC(C)(C)C)ccc1N(C)C. The lowest BCUT2D eigenvalue weighted by molar-refractivity contribution is -0.117. The van der Waals surface area contributed by atoms with E-state index in [1.165, 1.54) is 12.1 Å². The molecule has 0 atom stereocenters. The van der Waals surface area contributed by atoms with Crippen molar-refractivity contribution in [2.75, 3.05) is 24.3 Å². The molecule has 0 fully saturated rings. The number of anilines is 2. The monoisotopic (exact) mass is 456 g/mol. The van der Waals surface area contributed by atoms with E-state index in [-0.39, 0.29) is 29.2 Å². The number of amides is 3. The Morgan fingerprint density at radius 2 is 1.64 bits per heavy atom. The molecule has 0 aromatic heterocycles. The molecule has 0 saturated carbocycles. The van der Waals surface area contributed by atoms with Crippen LogP contribution in [-0.2, 0) is 17.9 Å². The third-order valence-corrected chi connectivity index (χ3v) is 4.88. The quantitative estimate of drug-likeness (QED) is 0.560. The van der Waals surface area contributed by atoms with E-state index < -0.39 is 0 Å². The first-order valence-electron chi connectivity index (χ1n) is 11.2. The number of nitrogens with zero attached hydrogens (tertiary/aromatic N) is 2. The Morgan fingerprint density at radius 3 is 2.18 bits per heavy atom. The Morgan fingerprint density at radius 1 is 1.00 bits per heavy atom. The molecule has 6 nitrogen and oxygen atoms in total. The molecule has 0 radical (unpaired) electrons. The summed E-state index contributed by atoms with van der Waals surface area (Å²) in [6.07, 6.45) is 0.408. The first kappa shape index (κ1) is 26.2. The van der Waals surface area contributed by atoms with E-state index in [4.69, 9.17) is 0 Å². The first-order chi connectivity index (χ1) is 15.3. The van der Waals surface area contributed by atoms with E-state index in [0.29, 0.717) is 25.2 Å². The molecule has 33 heavy (non-hydrogen) atoms. The van der Waals surface area contributed by atoms with Gasteiger partial charge in [0.05, 0.1) is 0 Å². The lowest BCUT2D eigenvalue weighted by Gasteiger charge is -2.27. The molecule has 2 aromatic carbocycles. The molecule has 180 valence electrons. The summed E-state index contributed by atoms with van der Waals surface area (Å²) >= 11 is 0. The highest BCUT2D eigenvalue weighted by Gasteiger charge is 2.20. The highest BCUT2D eigenvalue weighted by Crippen LogP contribution is 2.26. The van der Waals surface area contributed by atoms with Crippen molar-refractivity contribution in [2.45, 2.75) is 60.2 Å². The van der Waals surface area contributed by atoms with Gasteiger partial charge in [0, 0.05) is 51.0 Å². The van der Waals surface area contributed by atoms with Gasteiger partial charge in [-0.15, -0.1) is 0 Å². The molecule has 0 aliphatic heterocycles. The minimum Gasteiger partial charge on any atom is -0.377 e. The van der Waals surface area contributed by atoms with Crippen LogP contribution in [0.15, 0.2) is 42.5 Å². The second-order valence-corrected chi connectivity index (χ2v) is 10.1. The smallest absolute Gasteiger partial charge is 0.318 e. The summed E-state index contributed by atoms with van der Waals surface area (Å²) in [6.45, 7) is 10.5. The van der Waals surface area contributed by atoms with Crippen LogP contribution in [0.2, 0.25) is 0 Å². The standard InChI is InChI=1S/C26H37FN4O2/c1-18(2)28-25(33)31(16-19-8-10-21(27)11-9-19)17-20-14-22(12-13-23(20)30(6)7)29-24(32)15-26(3,4)5/h8-14,18H,15-17H2,1-7H3,(H,28,33)(H,29,32). The van der Waals surface area contributed by atoms with Crippen molar-refractivity contribution in [2.24, 2.45) is 5.41 Å². The summed E-state index contributed by atoms with van der Waals surface area (Å²) in [5.74, 6) is -0.364. The van der Waals surface area contributed by atoms with Crippen LogP contribution < -0.4 is 15.5 Å². The van der Waals surface area contributed by atoms with Gasteiger partial charge in [0.1, 0.15) is 5.82 Å². The van der Waals surface area contributed by atoms with Gasteiger partial charge in [-0.25, -0.2) is 9.18 Å². The second-order valence-electron chi connectivity index (χ2n) is 10.1. The molecule has 7 heteroatoms. The van der Waals surface area contributed by atoms with Gasteiger partial charge in [0.25, 0.3) is 0 Å². The largest absolute Gasteiger partial charge is 0.377 e. The average molecular weight is 457 g/mol. The number of benzene rings is 2. The van der Waals surface area contributed by atoms with Crippen LogP contribution in [-0.4, -0.2) is 37.0 Å². The number of rotatable bonds is 8. The zero-order chi connectivity index (χ0) is 24.8. The zero-order valence-corrected chi connectivity index (χ0v) is 20.8. The molecule has 0 aliphatic carbocycles. The number of urea groups is 1. The summed E-state index contributed by atoms with van der Waals surface area (Å²) in [5, 5.41) is 5.92. The molecule has 3 amide bonds. The number of carbonyl (C=O) groups is 2. The van der Waals surface area contributed by atoms with Crippen LogP contribution in [0.4, 0.5) is 20.6 Å². The highest BCUT2D eigenvalue weighted by molar-refractivity contribution is 5.91. The minimum absolute atomic E-state index is 0.0236. The van der Waals surface area contributed by atoms with Gasteiger partial charge in [0.15, 0.2) is 0 Å². The van der Waals surface area contributed by atoms with E-state index in [0.717, 1.165) is 16.8 Å². The lowest BCUT2D eigenvalue weighted by atomic mass is 9.92. The van der Waals surface area contributed by atoms with Gasteiger partial charge >= 0.3 is 6.03 Å². The molecule has 0 unspecified atom stereocenters. The number of hydrogen-bond acceptors (Lipinski definition) is 3. The fourth-order valence-corrected chi connectivity index (χ4v) is 3.47. The van der Waals surface area contributed by atoms with E-state index >= 15 is 0 Å². The molecule has 0 spiro atoms. The third-order valence-electron chi connectivity index (χ3n) is 4.88. The molecule has 2 aromatic rings. The normalized spacial score (nSPS) is 11.3. The Balaban J connectivity index is 2.33. The molecule has 2 N–H and O–H groups in total. The number of hydrogen-bond donors (Lipinski definition) is 2. The predicted octanol–water partition coefficient (Wildman–Crippen LogP) is 5.39. The first-order valence-corrected chi connectivity index (χ1v) is 11.2. The maximum absolute atomic E-state index is 13.4. The Hall–Kier alpha value is -3.09. The number of halogens is 1. The minimum atomic E-state index is -0.314. The van der Waals surface area contributed by atoms with Crippen LogP contribution in [0.25, 0.3) is 0 Å². The third kappa shape index (κ3) is 8.75. The summed E-state index contributed by atoms with van der Waals surface area (Å²) in [7, 11) is 3.88. The van der Waals surface area contributed by atoms with Gasteiger partial charge in [-0.1, -0.05) is 32.9 Å². The fraction of sp³-hybridized carbons (Fsp3) is 0.462. The van der Waals surface area contributed by atoms with Crippen LogP contribution in [0.1, 0.15) is 52.2 Å². The number of carbonyl (C=O) groups excluding carboxylic acids is 2. The van der Waals surface area contributed by atoms with Crippen LogP contribution in [0.5, 0.6) is 0 Å². The Labute approximate surface area is 197 Å².